The average molecular weight is 160 g/mol. The first kappa shape index (κ1) is 9.05. The Balaban J connectivity index is 2.77. The monoisotopic (exact) mass is 160 g/mol. The van der Waals surface area contributed by atoms with Crippen molar-refractivity contribution in [2.24, 2.45) is 0 Å². The van der Waals surface area contributed by atoms with Gasteiger partial charge in [-0.1, -0.05) is 36.5 Å². The molecule has 64 valence electrons. The van der Waals surface area contributed by atoms with E-state index in [1.807, 2.05) is 6.08 Å². The van der Waals surface area contributed by atoms with Crippen molar-refractivity contribution < 1.29 is 0 Å². The van der Waals surface area contributed by atoms with E-state index in [-0.39, 0.29) is 0 Å². The van der Waals surface area contributed by atoms with Crippen molar-refractivity contribution in [3.05, 3.63) is 47.6 Å². The molecule has 0 heteroatoms. The third-order valence-electron chi connectivity index (χ3n) is 2.23. The first-order valence-electron chi connectivity index (χ1n) is 4.40. The van der Waals surface area contributed by atoms with Crippen LogP contribution in [0.2, 0.25) is 0 Å². The van der Waals surface area contributed by atoms with Crippen molar-refractivity contribution in [1.82, 2.24) is 0 Å². The second-order valence-corrected chi connectivity index (χ2v) is 3.29. The molecule has 0 nitrogen and oxygen atoms in total. The van der Waals surface area contributed by atoms with Gasteiger partial charge in [0.2, 0.25) is 0 Å². The molecule has 0 aromatic heterocycles. The van der Waals surface area contributed by atoms with Gasteiger partial charge in [0.25, 0.3) is 0 Å². The Bertz CT molecular complexity index is 262. The van der Waals surface area contributed by atoms with Crippen molar-refractivity contribution in [2.45, 2.75) is 26.7 Å². The molecule has 0 aliphatic heterocycles. The molecular weight excluding hydrogens is 144 g/mol. The standard InChI is InChI=1S/C12H16/c1-4-5-11(3)12-8-6-10(2)7-9-12/h4-6,8H,1,7,9H2,2-3H3/b11-5+. The van der Waals surface area contributed by atoms with Crippen LogP contribution in [0, 0.1) is 0 Å². The van der Waals surface area contributed by atoms with Crippen molar-refractivity contribution >= 4 is 0 Å². The number of rotatable bonds is 2. The summed E-state index contributed by atoms with van der Waals surface area (Å²) in [5.74, 6) is 0. The molecule has 0 saturated heterocycles. The number of allylic oxidation sites excluding steroid dienone is 7. The summed E-state index contributed by atoms with van der Waals surface area (Å²) in [7, 11) is 0. The predicted octanol–water partition coefficient (Wildman–Crippen LogP) is 3.79. The van der Waals surface area contributed by atoms with Crippen molar-refractivity contribution in [2.75, 3.05) is 0 Å². The highest BCUT2D eigenvalue weighted by molar-refractivity contribution is 5.37. The zero-order valence-electron chi connectivity index (χ0n) is 7.93. The zero-order valence-corrected chi connectivity index (χ0v) is 7.93. The summed E-state index contributed by atoms with van der Waals surface area (Å²) in [5.41, 5.74) is 4.26. The lowest BCUT2D eigenvalue weighted by Gasteiger charge is -2.11. The molecular formula is C12H16. The van der Waals surface area contributed by atoms with Crippen molar-refractivity contribution in [3.63, 3.8) is 0 Å². The quantitative estimate of drug-likeness (QED) is 0.539. The van der Waals surface area contributed by atoms with Crippen LogP contribution in [0.25, 0.3) is 0 Å². The Kier molecular flexibility index (Phi) is 3.09. The Morgan fingerprint density at radius 2 is 2.17 bits per heavy atom. The predicted molar refractivity (Wildman–Crippen MR) is 55.0 cm³/mol. The second-order valence-electron chi connectivity index (χ2n) is 3.29. The molecule has 0 saturated carbocycles. The normalized spacial score (nSPS) is 18.3. The van der Waals surface area contributed by atoms with Crippen LogP contribution in [0.15, 0.2) is 47.6 Å². The molecule has 1 aliphatic carbocycles. The molecule has 0 unspecified atom stereocenters. The molecule has 0 N–H and O–H groups in total. The fourth-order valence-electron chi connectivity index (χ4n) is 1.35. The smallest absolute Gasteiger partial charge is 0.0239 e. The third kappa shape index (κ3) is 2.23. The maximum atomic E-state index is 3.69. The molecule has 12 heavy (non-hydrogen) atoms. The van der Waals surface area contributed by atoms with Crippen molar-refractivity contribution in [3.8, 4) is 0 Å². The molecule has 0 aromatic rings. The average Bonchev–Trinajstić information content (AvgIpc) is 2.06. The van der Waals surface area contributed by atoms with Gasteiger partial charge in [0.05, 0.1) is 0 Å². The van der Waals surface area contributed by atoms with Crippen LogP contribution in [-0.4, -0.2) is 0 Å². The Morgan fingerprint density at radius 1 is 1.42 bits per heavy atom. The fraction of sp³-hybridized carbons (Fsp3) is 0.333. The molecule has 1 rings (SSSR count). The lowest BCUT2D eigenvalue weighted by Crippen LogP contribution is -1.92. The zero-order chi connectivity index (χ0) is 8.97. The van der Waals surface area contributed by atoms with E-state index in [4.69, 9.17) is 0 Å². The van der Waals surface area contributed by atoms with E-state index in [0.717, 1.165) is 0 Å². The number of hydrogen-bond donors (Lipinski definition) is 0. The molecule has 0 heterocycles. The SMILES string of the molecule is C=C/C=C(\C)C1=CC=C(C)CC1. The van der Waals surface area contributed by atoms with E-state index in [9.17, 15) is 0 Å². The maximum absolute atomic E-state index is 3.69. The van der Waals surface area contributed by atoms with Crippen LogP contribution in [0.1, 0.15) is 26.7 Å². The third-order valence-corrected chi connectivity index (χ3v) is 2.23. The van der Waals surface area contributed by atoms with Crippen LogP contribution in [0.4, 0.5) is 0 Å². The molecule has 0 aromatic carbocycles. The van der Waals surface area contributed by atoms with E-state index in [2.05, 4.69) is 38.7 Å². The number of hydrogen-bond acceptors (Lipinski definition) is 0. The summed E-state index contributed by atoms with van der Waals surface area (Å²) in [6.07, 6.45) is 10.7. The van der Waals surface area contributed by atoms with Crippen LogP contribution in [0.5, 0.6) is 0 Å². The summed E-state index contributed by atoms with van der Waals surface area (Å²) in [4.78, 5) is 0. The van der Waals surface area contributed by atoms with E-state index in [0.29, 0.717) is 0 Å². The first-order chi connectivity index (χ1) is 5.74. The Labute approximate surface area is 75.0 Å². The first-order valence-corrected chi connectivity index (χ1v) is 4.40. The molecule has 0 bridgehead atoms. The molecule has 0 spiro atoms. The van der Waals surface area contributed by atoms with E-state index in [1.54, 1.807) is 0 Å². The maximum Gasteiger partial charge on any atom is -0.0239 e. The topological polar surface area (TPSA) is 0 Å². The van der Waals surface area contributed by atoms with Gasteiger partial charge >= 0.3 is 0 Å². The van der Waals surface area contributed by atoms with E-state index < -0.39 is 0 Å². The van der Waals surface area contributed by atoms with Crippen LogP contribution >= 0.6 is 0 Å². The van der Waals surface area contributed by atoms with Gasteiger partial charge in [-0.25, -0.2) is 0 Å². The minimum Gasteiger partial charge on any atom is -0.0991 e. The highest BCUT2D eigenvalue weighted by Crippen LogP contribution is 2.23. The summed E-state index contributed by atoms with van der Waals surface area (Å²) in [5, 5.41) is 0. The van der Waals surface area contributed by atoms with Gasteiger partial charge in [0.1, 0.15) is 0 Å². The van der Waals surface area contributed by atoms with E-state index >= 15 is 0 Å². The lowest BCUT2D eigenvalue weighted by atomic mass is 9.94. The fourth-order valence-corrected chi connectivity index (χ4v) is 1.35. The van der Waals surface area contributed by atoms with Gasteiger partial charge in [0, 0.05) is 0 Å². The summed E-state index contributed by atoms with van der Waals surface area (Å²) in [6.45, 7) is 8.01. The van der Waals surface area contributed by atoms with Gasteiger partial charge in [-0.3, -0.25) is 0 Å². The minimum atomic E-state index is 1.18. The minimum absolute atomic E-state index is 1.18. The van der Waals surface area contributed by atoms with Gasteiger partial charge in [-0.15, -0.1) is 0 Å². The molecule has 0 amide bonds. The van der Waals surface area contributed by atoms with Gasteiger partial charge in [-0.2, -0.15) is 0 Å². The summed E-state index contributed by atoms with van der Waals surface area (Å²) < 4.78 is 0. The lowest BCUT2D eigenvalue weighted by molar-refractivity contribution is 0.912. The second kappa shape index (κ2) is 4.10. The summed E-state index contributed by atoms with van der Waals surface area (Å²) >= 11 is 0. The van der Waals surface area contributed by atoms with E-state index in [1.165, 1.54) is 29.6 Å². The largest absolute Gasteiger partial charge is 0.0991 e. The Morgan fingerprint density at radius 3 is 2.67 bits per heavy atom. The van der Waals surface area contributed by atoms with Gasteiger partial charge in [-0.05, 0) is 37.8 Å². The molecule has 0 atom stereocenters. The highest BCUT2D eigenvalue weighted by Gasteiger charge is 2.03. The molecule has 0 radical (unpaired) electrons. The van der Waals surface area contributed by atoms with Crippen LogP contribution < -0.4 is 0 Å². The van der Waals surface area contributed by atoms with Crippen LogP contribution in [-0.2, 0) is 0 Å². The molecule has 0 fully saturated rings. The van der Waals surface area contributed by atoms with Crippen LogP contribution in [0.3, 0.4) is 0 Å². The molecule has 1 aliphatic rings. The Hall–Kier alpha value is -1.04. The van der Waals surface area contributed by atoms with Gasteiger partial charge < -0.3 is 0 Å². The highest BCUT2D eigenvalue weighted by atomic mass is 14.1. The van der Waals surface area contributed by atoms with Gasteiger partial charge in [0.15, 0.2) is 0 Å². The van der Waals surface area contributed by atoms with Crippen molar-refractivity contribution in [1.29, 1.82) is 0 Å². The summed E-state index contributed by atoms with van der Waals surface area (Å²) in [6, 6.07) is 0.